The molecule has 16 heavy (non-hydrogen) atoms. The summed E-state index contributed by atoms with van der Waals surface area (Å²) in [6.45, 7) is 0. The van der Waals surface area contributed by atoms with Gasteiger partial charge in [0.1, 0.15) is 0 Å². The van der Waals surface area contributed by atoms with Crippen LogP contribution in [0.25, 0.3) is 0 Å². The number of H-pyrrole nitrogens is 1. The Balaban J connectivity index is 2.22. The van der Waals surface area contributed by atoms with Gasteiger partial charge in [-0.05, 0) is 17.7 Å². The molecule has 2 aromatic rings. The Morgan fingerprint density at radius 1 is 1.25 bits per heavy atom. The maximum absolute atomic E-state index is 13.3. The van der Waals surface area contributed by atoms with Crippen LogP contribution in [0.2, 0.25) is 0 Å². The van der Waals surface area contributed by atoms with Crippen molar-refractivity contribution in [1.82, 2.24) is 4.98 Å². The molecule has 0 amide bonds. The number of aromatic nitrogens is 1. The largest absolute Gasteiger partial charge is 0.367 e. The summed E-state index contributed by atoms with van der Waals surface area (Å²) < 4.78 is 26.1. The molecule has 0 aliphatic carbocycles. The minimum absolute atomic E-state index is 0.0752. The number of Topliss-reactive ketones (excluding diaryl/α,β-unsaturated/α-hetero) is 1. The number of hydrogen-bond donors (Lipinski definition) is 1. The predicted octanol–water partition coefficient (Wildman–Crippen LogP) is 2.72. The zero-order valence-corrected chi connectivity index (χ0v) is 8.34. The minimum Gasteiger partial charge on any atom is -0.367 e. The molecule has 82 valence electrons. The fourth-order valence-electron chi connectivity index (χ4n) is 1.46. The Morgan fingerprint density at radius 3 is 2.75 bits per heavy atom. The quantitative estimate of drug-likeness (QED) is 0.794. The smallest absolute Gasteiger partial charge is 0.168 e. The molecule has 4 heteroatoms. The second-order valence-electron chi connectivity index (χ2n) is 3.41. The molecule has 0 bridgehead atoms. The summed E-state index contributed by atoms with van der Waals surface area (Å²) in [7, 11) is 0. The molecule has 0 radical (unpaired) electrons. The molecule has 0 aliphatic heterocycles. The molecule has 1 aromatic carbocycles. The van der Waals surface area contributed by atoms with E-state index in [2.05, 4.69) is 4.98 Å². The van der Waals surface area contributed by atoms with Crippen LogP contribution in [0.5, 0.6) is 0 Å². The van der Waals surface area contributed by atoms with Crippen molar-refractivity contribution in [2.75, 3.05) is 0 Å². The van der Waals surface area contributed by atoms with E-state index in [9.17, 15) is 13.6 Å². The van der Waals surface area contributed by atoms with E-state index < -0.39 is 11.6 Å². The van der Waals surface area contributed by atoms with Crippen molar-refractivity contribution in [2.45, 2.75) is 6.42 Å². The Kier molecular flexibility index (Phi) is 2.81. The molecule has 0 saturated heterocycles. The first kappa shape index (κ1) is 10.5. The lowest BCUT2D eigenvalue weighted by molar-refractivity contribution is 0.0992. The summed E-state index contributed by atoms with van der Waals surface area (Å²) in [6, 6.07) is 5.42. The standard InChI is InChI=1S/C12H9F2NO/c13-10-3-1-2-8(12(10)14)6-11(16)9-4-5-15-7-9/h1-5,7,15H,6H2. The fourth-order valence-corrected chi connectivity index (χ4v) is 1.46. The first-order valence-electron chi connectivity index (χ1n) is 4.77. The van der Waals surface area contributed by atoms with Crippen molar-refractivity contribution in [3.05, 3.63) is 59.4 Å². The zero-order chi connectivity index (χ0) is 11.5. The third-order valence-corrected chi connectivity index (χ3v) is 2.30. The highest BCUT2D eigenvalue weighted by atomic mass is 19.2. The van der Waals surface area contributed by atoms with E-state index in [-0.39, 0.29) is 17.8 Å². The molecule has 0 saturated carbocycles. The normalized spacial score (nSPS) is 10.4. The van der Waals surface area contributed by atoms with Crippen molar-refractivity contribution in [2.24, 2.45) is 0 Å². The van der Waals surface area contributed by atoms with Crippen molar-refractivity contribution < 1.29 is 13.6 Å². The van der Waals surface area contributed by atoms with E-state index in [0.717, 1.165) is 6.07 Å². The van der Waals surface area contributed by atoms with Crippen LogP contribution in [0.4, 0.5) is 8.78 Å². The van der Waals surface area contributed by atoms with Gasteiger partial charge in [0.2, 0.25) is 0 Å². The number of hydrogen-bond acceptors (Lipinski definition) is 1. The van der Waals surface area contributed by atoms with Gasteiger partial charge in [-0.1, -0.05) is 12.1 Å². The van der Waals surface area contributed by atoms with E-state index in [0.29, 0.717) is 5.56 Å². The minimum atomic E-state index is -0.952. The van der Waals surface area contributed by atoms with Crippen molar-refractivity contribution in [3.8, 4) is 0 Å². The number of benzene rings is 1. The topological polar surface area (TPSA) is 32.9 Å². The number of nitrogens with one attached hydrogen (secondary N) is 1. The van der Waals surface area contributed by atoms with E-state index in [1.54, 1.807) is 12.3 Å². The van der Waals surface area contributed by atoms with Gasteiger partial charge in [0, 0.05) is 24.4 Å². The molecule has 0 fully saturated rings. The van der Waals surface area contributed by atoms with Gasteiger partial charge in [0.25, 0.3) is 0 Å². The number of rotatable bonds is 3. The molecule has 2 nitrogen and oxygen atoms in total. The van der Waals surface area contributed by atoms with Crippen LogP contribution in [-0.2, 0) is 6.42 Å². The molecular weight excluding hydrogens is 212 g/mol. The second kappa shape index (κ2) is 4.26. The monoisotopic (exact) mass is 221 g/mol. The first-order chi connectivity index (χ1) is 7.68. The van der Waals surface area contributed by atoms with E-state index in [1.165, 1.54) is 18.3 Å². The highest BCUT2D eigenvalue weighted by Gasteiger charge is 2.13. The molecule has 0 unspecified atom stereocenters. The van der Waals surface area contributed by atoms with E-state index >= 15 is 0 Å². The average Bonchev–Trinajstić information content (AvgIpc) is 2.78. The highest BCUT2D eigenvalue weighted by Crippen LogP contribution is 2.14. The third-order valence-electron chi connectivity index (χ3n) is 2.30. The Hall–Kier alpha value is -1.97. The van der Waals surface area contributed by atoms with E-state index in [4.69, 9.17) is 0 Å². The first-order valence-corrected chi connectivity index (χ1v) is 4.77. The Bertz CT molecular complexity index is 506. The van der Waals surface area contributed by atoms with Gasteiger partial charge in [-0.3, -0.25) is 4.79 Å². The number of carbonyl (C=O) groups is 1. The van der Waals surface area contributed by atoms with E-state index in [1.807, 2.05) is 0 Å². The maximum atomic E-state index is 13.3. The SMILES string of the molecule is O=C(Cc1cccc(F)c1F)c1cc[nH]c1. The molecule has 1 N–H and O–H groups in total. The Morgan fingerprint density at radius 2 is 2.06 bits per heavy atom. The summed E-state index contributed by atoms with van der Waals surface area (Å²) in [4.78, 5) is 14.4. The van der Waals surface area contributed by atoms with Crippen LogP contribution in [0.1, 0.15) is 15.9 Å². The molecule has 1 heterocycles. The van der Waals surface area contributed by atoms with Gasteiger partial charge in [-0.2, -0.15) is 0 Å². The highest BCUT2D eigenvalue weighted by molar-refractivity contribution is 5.97. The van der Waals surface area contributed by atoms with Crippen molar-refractivity contribution in [3.63, 3.8) is 0 Å². The van der Waals surface area contributed by atoms with Crippen LogP contribution >= 0.6 is 0 Å². The molecule has 1 aromatic heterocycles. The number of ketones is 1. The number of aromatic amines is 1. The van der Waals surface area contributed by atoms with Gasteiger partial charge in [-0.15, -0.1) is 0 Å². The summed E-state index contributed by atoms with van der Waals surface area (Å²) in [5.41, 5.74) is 0.537. The van der Waals surface area contributed by atoms with Crippen molar-refractivity contribution in [1.29, 1.82) is 0 Å². The van der Waals surface area contributed by atoms with Gasteiger partial charge in [0.05, 0.1) is 0 Å². The molecular formula is C12H9F2NO. The number of carbonyl (C=O) groups excluding carboxylic acids is 1. The fraction of sp³-hybridized carbons (Fsp3) is 0.0833. The zero-order valence-electron chi connectivity index (χ0n) is 8.34. The lowest BCUT2D eigenvalue weighted by Gasteiger charge is -2.01. The summed E-state index contributed by atoms with van der Waals surface area (Å²) >= 11 is 0. The summed E-state index contributed by atoms with van der Waals surface area (Å²) in [5, 5.41) is 0. The van der Waals surface area contributed by atoms with Crippen LogP contribution in [0.3, 0.4) is 0 Å². The average molecular weight is 221 g/mol. The van der Waals surface area contributed by atoms with Crippen LogP contribution in [0, 0.1) is 11.6 Å². The van der Waals surface area contributed by atoms with Gasteiger partial charge < -0.3 is 4.98 Å². The Labute approximate surface area is 90.9 Å². The second-order valence-corrected chi connectivity index (χ2v) is 3.41. The lowest BCUT2D eigenvalue weighted by atomic mass is 10.0. The summed E-state index contributed by atoms with van der Waals surface area (Å²) in [5.74, 6) is -2.13. The predicted molar refractivity (Wildman–Crippen MR) is 55.2 cm³/mol. The van der Waals surface area contributed by atoms with Crippen molar-refractivity contribution >= 4 is 5.78 Å². The van der Waals surface area contributed by atoms with Gasteiger partial charge >= 0.3 is 0 Å². The van der Waals surface area contributed by atoms with Crippen LogP contribution < -0.4 is 0 Å². The van der Waals surface area contributed by atoms with Gasteiger partial charge in [0.15, 0.2) is 17.4 Å². The lowest BCUT2D eigenvalue weighted by Crippen LogP contribution is -2.05. The molecule has 0 aliphatic rings. The van der Waals surface area contributed by atoms with Crippen LogP contribution in [-0.4, -0.2) is 10.8 Å². The number of halogens is 2. The third kappa shape index (κ3) is 2.00. The van der Waals surface area contributed by atoms with Crippen LogP contribution in [0.15, 0.2) is 36.7 Å². The maximum Gasteiger partial charge on any atom is 0.168 e. The molecule has 2 rings (SSSR count). The molecule has 0 spiro atoms. The summed E-state index contributed by atoms with van der Waals surface area (Å²) in [6.07, 6.45) is 3.00. The van der Waals surface area contributed by atoms with Gasteiger partial charge in [-0.25, -0.2) is 8.78 Å². The molecule has 0 atom stereocenters.